The van der Waals surface area contributed by atoms with E-state index >= 15 is 0 Å². The van der Waals surface area contributed by atoms with Crippen LogP contribution in [0.25, 0.3) is 11.5 Å². The van der Waals surface area contributed by atoms with Crippen LogP contribution in [0.5, 0.6) is 0 Å². The lowest BCUT2D eigenvalue weighted by Crippen LogP contribution is -2.40. The maximum absolute atomic E-state index is 12.7. The molecule has 1 saturated heterocycles. The molecule has 6 nitrogen and oxygen atoms in total. The number of para-hydroxylation sites is 1. The second kappa shape index (κ2) is 10.3. The highest BCUT2D eigenvalue weighted by Crippen LogP contribution is 2.24. The molecule has 1 aliphatic rings. The minimum Gasteiger partial charge on any atom is -0.352 e. The average molecular weight is 474 g/mol. The van der Waals surface area contributed by atoms with Crippen molar-refractivity contribution in [2.45, 2.75) is 25.9 Å². The molecule has 4 aromatic rings. The van der Waals surface area contributed by atoms with E-state index < -0.39 is 0 Å². The number of carbonyl (C=O) groups excluding carboxylic acids is 1. The van der Waals surface area contributed by atoms with Gasteiger partial charge in [-0.3, -0.25) is 9.69 Å². The van der Waals surface area contributed by atoms with E-state index in [2.05, 4.69) is 39.3 Å². The molecule has 0 atom stereocenters. The number of hydrogen-bond acceptors (Lipinski definition) is 3. The van der Waals surface area contributed by atoms with Gasteiger partial charge in [0, 0.05) is 42.0 Å². The molecule has 7 heteroatoms. The van der Waals surface area contributed by atoms with Gasteiger partial charge in [-0.25, -0.2) is 4.68 Å². The van der Waals surface area contributed by atoms with Crippen molar-refractivity contribution in [2.24, 2.45) is 5.92 Å². The van der Waals surface area contributed by atoms with Gasteiger partial charge in [-0.05, 0) is 61.8 Å². The van der Waals surface area contributed by atoms with E-state index in [0.29, 0.717) is 11.6 Å². The van der Waals surface area contributed by atoms with E-state index in [0.717, 1.165) is 49.5 Å². The molecule has 1 aliphatic heterocycles. The number of hydrogen-bond donors (Lipinski definition) is 1. The summed E-state index contributed by atoms with van der Waals surface area (Å²) in [4.78, 5) is 15.1. The maximum atomic E-state index is 12.7. The summed E-state index contributed by atoms with van der Waals surface area (Å²) in [5.74, 6) is 1.20. The number of likely N-dealkylation sites (tertiary alicyclic amines) is 1. The number of aromatic nitrogens is 3. The van der Waals surface area contributed by atoms with Crippen molar-refractivity contribution in [2.75, 3.05) is 13.1 Å². The highest BCUT2D eigenvalue weighted by atomic mass is 35.5. The number of rotatable bonds is 7. The molecule has 1 fully saturated rings. The summed E-state index contributed by atoms with van der Waals surface area (Å²) in [5.41, 5.74) is 3.15. The van der Waals surface area contributed by atoms with E-state index in [1.165, 1.54) is 5.56 Å². The molecule has 0 radical (unpaired) electrons. The van der Waals surface area contributed by atoms with Crippen LogP contribution in [-0.4, -0.2) is 38.2 Å². The minimum absolute atomic E-state index is 0.0368. The van der Waals surface area contributed by atoms with Gasteiger partial charge < -0.3 is 9.88 Å². The van der Waals surface area contributed by atoms with Crippen molar-refractivity contribution < 1.29 is 4.79 Å². The quantitative estimate of drug-likeness (QED) is 0.417. The van der Waals surface area contributed by atoms with Gasteiger partial charge in [0.1, 0.15) is 5.82 Å². The van der Waals surface area contributed by atoms with Crippen molar-refractivity contribution >= 4 is 17.5 Å². The average Bonchev–Trinajstić information content (AvgIpc) is 3.54. The van der Waals surface area contributed by atoms with Gasteiger partial charge in [-0.15, -0.1) is 0 Å². The van der Waals surface area contributed by atoms with E-state index in [1.807, 2.05) is 65.5 Å². The lowest BCUT2D eigenvalue weighted by molar-refractivity contribution is -0.126. The first-order chi connectivity index (χ1) is 16.7. The minimum atomic E-state index is 0.0368. The Morgan fingerprint density at radius 2 is 1.65 bits per heavy atom. The van der Waals surface area contributed by atoms with Gasteiger partial charge in [0.2, 0.25) is 5.91 Å². The zero-order valence-corrected chi connectivity index (χ0v) is 19.7. The Bertz CT molecular complexity index is 1230. The SMILES string of the molecule is O=C(NCc1ccccc1Cl)C1CCN(Cc2cnn(-c3ccccc3)c2-n2cccc2)CC1. The van der Waals surface area contributed by atoms with Crippen molar-refractivity contribution in [3.63, 3.8) is 0 Å². The molecule has 174 valence electrons. The predicted octanol–water partition coefficient (Wildman–Crippen LogP) is 4.84. The first kappa shape index (κ1) is 22.4. The molecule has 0 bridgehead atoms. The molecule has 1 amide bonds. The van der Waals surface area contributed by atoms with Gasteiger partial charge in [-0.1, -0.05) is 48.0 Å². The molecule has 2 aromatic heterocycles. The zero-order valence-electron chi connectivity index (χ0n) is 19.0. The Labute approximate surface area is 204 Å². The standard InChI is InChI=1S/C27H28ClN5O/c28-25-11-5-4-8-22(25)18-29-26(34)21-12-16-31(17-13-21)20-23-19-30-33(24-9-2-1-3-10-24)27(23)32-14-6-7-15-32/h1-11,14-15,19,21H,12-13,16-18,20H2,(H,29,34). The van der Waals surface area contributed by atoms with Gasteiger partial charge >= 0.3 is 0 Å². The largest absolute Gasteiger partial charge is 0.352 e. The van der Waals surface area contributed by atoms with Crippen LogP contribution in [0.15, 0.2) is 85.3 Å². The zero-order chi connectivity index (χ0) is 23.3. The summed E-state index contributed by atoms with van der Waals surface area (Å²) in [6.45, 7) is 3.03. The smallest absolute Gasteiger partial charge is 0.223 e. The van der Waals surface area contributed by atoms with Gasteiger partial charge in [0.05, 0.1) is 11.9 Å². The fourth-order valence-corrected chi connectivity index (χ4v) is 4.76. The van der Waals surface area contributed by atoms with Crippen LogP contribution in [0.3, 0.4) is 0 Å². The molecule has 34 heavy (non-hydrogen) atoms. The van der Waals surface area contributed by atoms with Gasteiger partial charge in [0.15, 0.2) is 0 Å². The van der Waals surface area contributed by atoms with Gasteiger partial charge in [0.25, 0.3) is 0 Å². The monoisotopic (exact) mass is 473 g/mol. The fourth-order valence-electron chi connectivity index (χ4n) is 4.56. The second-order valence-corrected chi connectivity index (χ2v) is 9.10. The molecule has 0 aliphatic carbocycles. The van der Waals surface area contributed by atoms with E-state index in [1.54, 1.807) is 0 Å². The second-order valence-electron chi connectivity index (χ2n) is 8.69. The first-order valence-corrected chi connectivity index (χ1v) is 12.1. The summed E-state index contributed by atoms with van der Waals surface area (Å²) in [6, 6.07) is 21.9. The number of piperidine rings is 1. The van der Waals surface area contributed by atoms with Crippen molar-refractivity contribution in [1.82, 2.24) is 24.6 Å². The Morgan fingerprint density at radius 3 is 2.38 bits per heavy atom. The van der Waals surface area contributed by atoms with E-state index in [-0.39, 0.29) is 11.8 Å². The number of nitrogens with one attached hydrogen (secondary N) is 1. The highest BCUT2D eigenvalue weighted by molar-refractivity contribution is 6.31. The van der Waals surface area contributed by atoms with Crippen molar-refractivity contribution in [1.29, 1.82) is 0 Å². The Hall–Kier alpha value is -3.35. The highest BCUT2D eigenvalue weighted by Gasteiger charge is 2.26. The van der Waals surface area contributed by atoms with E-state index in [9.17, 15) is 4.79 Å². The summed E-state index contributed by atoms with van der Waals surface area (Å²) < 4.78 is 4.11. The van der Waals surface area contributed by atoms with Crippen molar-refractivity contribution in [3.05, 3.63) is 101 Å². The third-order valence-corrected chi connectivity index (χ3v) is 6.80. The summed E-state index contributed by atoms with van der Waals surface area (Å²) in [5, 5.41) is 8.46. The van der Waals surface area contributed by atoms with Crippen LogP contribution >= 0.6 is 11.6 Å². The normalized spacial score (nSPS) is 14.9. The van der Waals surface area contributed by atoms with E-state index in [4.69, 9.17) is 16.7 Å². The molecular weight excluding hydrogens is 446 g/mol. The van der Waals surface area contributed by atoms with Crippen LogP contribution < -0.4 is 5.32 Å². The number of carbonyl (C=O) groups is 1. The molecule has 0 spiro atoms. The summed E-state index contributed by atoms with van der Waals surface area (Å²) in [6.07, 6.45) is 7.76. The molecule has 5 rings (SSSR count). The van der Waals surface area contributed by atoms with Crippen LogP contribution in [0.1, 0.15) is 24.0 Å². The number of benzene rings is 2. The molecule has 0 unspecified atom stereocenters. The summed E-state index contributed by atoms with van der Waals surface area (Å²) in [7, 11) is 0. The number of amides is 1. The molecule has 0 saturated carbocycles. The van der Waals surface area contributed by atoms with Crippen molar-refractivity contribution in [3.8, 4) is 11.5 Å². The topological polar surface area (TPSA) is 55.1 Å². The lowest BCUT2D eigenvalue weighted by atomic mass is 9.95. The number of halogens is 1. The molecule has 2 aromatic carbocycles. The fraction of sp³-hybridized carbons (Fsp3) is 0.259. The number of nitrogens with zero attached hydrogens (tertiary/aromatic N) is 4. The third kappa shape index (κ3) is 4.93. The Kier molecular flexibility index (Phi) is 6.79. The molecular formula is C27H28ClN5O. The maximum Gasteiger partial charge on any atom is 0.223 e. The third-order valence-electron chi connectivity index (χ3n) is 6.43. The molecule has 3 heterocycles. The predicted molar refractivity (Wildman–Crippen MR) is 134 cm³/mol. The summed E-state index contributed by atoms with van der Waals surface area (Å²) >= 11 is 6.21. The Balaban J connectivity index is 1.22. The first-order valence-electron chi connectivity index (χ1n) is 11.7. The molecule has 1 N–H and O–H groups in total. The van der Waals surface area contributed by atoms with Crippen LogP contribution in [0, 0.1) is 5.92 Å². The van der Waals surface area contributed by atoms with Gasteiger partial charge in [-0.2, -0.15) is 5.10 Å². The van der Waals surface area contributed by atoms with Crippen LogP contribution in [0.2, 0.25) is 5.02 Å². The van der Waals surface area contributed by atoms with Crippen LogP contribution in [-0.2, 0) is 17.9 Å². The lowest BCUT2D eigenvalue weighted by Gasteiger charge is -2.31. The van der Waals surface area contributed by atoms with Crippen LogP contribution in [0.4, 0.5) is 0 Å². The Morgan fingerprint density at radius 1 is 0.941 bits per heavy atom.